The summed E-state index contributed by atoms with van der Waals surface area (Å²) in [6.45, 7) is 0.459. The van der Waals surface area contributed by atoms with Crippen LogP contribution in [-0.4, -0.2) is 125 Å². The third-order valence-electron chi connectivity index (χ3n) is 6.33. The lowest BCUT2D eigenvalue weighted by Gasteiger charge is -2.45. The topological polar surface area (TPSA) is 259 Å². The molecule has 2 aliphatic rings. The lowest BCUT2D eigenvalue weighted by Crippen LogP contribution is -2.64. The second-order valence-corrected chi connectivity index (χ2v) is 8.93. The van der Waals surface area contributed by atoms with E-state index in [1.54, 1.807) is 25.4 Å². The van der Waals surface area contributed by atoms with Crippen molar-refractivity contribution < 1.29 is 55.1 Å². The fourth-order valence-corrected chi connectivity index (χ4v) is 4.11. The third kappa shape index (κ3) is 6.84. The summed E-state index contributed by atoms with van der Waals surface area (Å²) in [6.07, 6.45) is -12.2. The summed E-state index contributed by atoms with van der Waals surface area (Å²) in [5.74, 6) is 0. The number of pyridine rings is 2. The summed E-state index contributed by atoms with van der Waals surface area (Å²) >= 11 is 0. The van der Waals surface area contributed by atoms with E-state index < -0.39 is 74.6 Å². The van der Waals surface area contributed by atoms with E-state index in [2.05, 4.69) is 9.97 Å². The smallest absolute Gasteiger partial charge is 0.266 e. The fraction of sp³-hybridized carbons (Fsp3) is 0.542. The number of nitrogens with zero attached hydrogens (tertiary/aromatic N) is 2. The summed E-state index contributed by atoms with van der Waals surface area (Å²) in [4.78, 5) is 17.9. The Balaban J connectivity index is 0.000000230. The van der Waals surface area contributed by atoms with E-state index in [0.29, 0.717) is 0 Å². The number of nitriles is 1. The van der Waals surface area contributed by atoms with Gasteiger partial charge in [-0.05, 0) is 30.7 Å². The molecule has 0 spiro atoms. The van der Waals surface area contributed by atoms with Gasteiger partial charge in [0.2, 0.25) is 0 Å². The largest absolute Gasteiger partial charge is 0.394 e. The number of aromatic nitrogens is 2. The van der Waals surface area contributed by atoms with Gasteiger partial charge in [0.05, 0.1) is 13.2 Å². The summed E-state index contributed by atoms with van der Waals surface area (Å²) in [6, 6.07) is 7.14. The van der Waals surface area contributed by atoms with Gasteiger partial charge in [0.1, 0.15) is 60.5 Å². The number of H-pyrrole nitrogens is 1. The van der Waals surface area contributed by atoms with Crippen LogP contribution >= 0.6 is 0 Å². The molecule has 39 heavy (non-hydrogen) atoms. The molecule has 0 amide bonds. The quantitative estimate of drug-likeness (QED) is 0.172. The molecule has 0 aromatic carbocycles. The van der Waals surface area contributed by atoms with Gasteiger partial charge in [-0.1, -0.05) is 0 Å². The lowest BCUT2D eigenvalue weighted by atomic mass is 9.97. The maximum Gasteiger partial charge on any atom is 0.266 e. The molecular formula is C24H31N3O12. The third-order valence-corrected chi connectivity index (χ3v) is 6.33. The van der Waals surface area contributed by atoms with Crippen LogP contribution in [0.4, 0.5) is 0 Å². The molecule has 2 saturated heterocycles. The van der Waals surface area contributed by atoms with Crippen LogP contribution in [0.3, 0.4) is 0 Å². The molecular weight excluding hydrogens is 522 g/mol. The Labute approximate surface area is 221 Å². The summed E-state index contributed by atoms with van der Waals surface area (Å²) in [7, 11) is 0. The zero-order valence-electron chi connectivity index (χ0n) is 20.7. The number of hydrogen-bond acceptors (Lipinski definition) is 14. The molecule has 214 valence electrons. The SMILES string of the molecule is Cc1[nH]c(=O)c(C#N)cc1-c1ccncc1.OC[C@H]1O[C@@H](O[C@H]2[C@H](O)[C@@H](O)[C@H](O)O[C@@H]2CO)[C@H](O)[C@@H](O)[C@H]1O. The van der Waals surface area contributed by atoms with Crippen LogP contribution in [0.25, 0.3) is 11.1 Å². The van der Waals surface area contributed by atoms with Crippen molar-refractivity contribution in [1.82, 2.24) is 9.97 Å². The highest BCUT2D eigenvalue weighted by Crippen LogP contribution is 2.28. The Morgan fingerprint density at radius 3 is 2.18 bits per heavy atom. The molecule has 9 N–H and O–H groups in total. The van der Waals surface area contributed by atoms with Crippen LogP contribution < -0.4 is 5.56 Å². The molecule has 10 atom stereocenters. The first kappa shape index (κ1) is 30.7. The number of aliphatic hydroxyl groups is 8. The van der Waals surface area contributed by atoms with Gasteiger partial charge in [-0.2, -0.15) is 5.26 Å². The number of aryl methyl sites for hydroxylation is 1. The monoisotopic (exact) mass is 553 g/mol. The molecule has 2 aromatic rings. The van der Waals surface area contributed by atoms with Gasteiger partial charge in [0, 0.05) is 23.7 Å². The van der Waals surface area contributed by atoms with Crippen LogP contribution in [0, 0.1) is 18.3 Å². The molecule has 2 aliphatic heterocycles. The van der Waals surface area contributed by atoms with E-state index in [9.17, 15) is 40.5 Å². The van der Waals surface area contributed by atoms with Crippen molar-refractivity contribution in [2.75, 3.05) is 13.2 Å². The molecule has 0 radical (unpaired) electrons. The Bertz CT molecular complexity index is 1170. The van der Waals surface area contributed by atoms with E-state index in [-0.39, 0.29) is 11.1 Å². The van der Waals surface area contributed by atoms with Crippen LogP contribution in [0.2, 0.25) is 0 Å². The first-order valence-corrected chi connectivity index (χ1v) is 11.8. The number of aromatic amines is 1. The minimum atomic E-state index is -1.74. The molecule has 0 aliphatic carbocycles. The molecule has 0 unspecified atom stereocenters. The van der Waals surface area contributed by atoms with Gasteiger partial charge in [-0.3, -0.25) is 9.78 Å². The van der Waals surface area contributed by atoms with E-state index in [0.717, 1.165) is 16.8 Å². The Kier molecular flexibility index (Phi) is 10.6. The van der Waals surface area contributed by atoms with Gasteiger partial charge in [-0.15, -0.1) is 0 Å². The molecule has 0 saturated carbocycles. The average Bonchev–Trinajstić information content (AvgIpc) is 2.94. The van der Waals surface area contributed by atoms with Crippen molar-refractivity contribution in [1.29, 1.82) is 5.26 Å². The van der Waals surface area contributed by atoms with Crippen molar-refractivity contribution in [3.05, 3.63) is 52.2 Å². The maximum atomic E-state index is 11.4. The molecule has 2 fully saturated rings. The highest BCUT2D eigenvalue weighted by molar-refractivity contribution is 5.66. The zero-order valence-corrected chi connectivity index (χ0v) is 20.7. The van der Waals surface area contributed by atoms with Crippen LogP contribution in [-0.2, 0) is 14.2 Å². The fourth-order valence-electron chi connectivity index (χ4n) is 4.11. The molecule has 15 nitrogen and oxygen atoms in total. The highest BCUT2D eigenvalue weighted by Gasteiger charge is 2.50. The van der Waals surface area contributed by atoms with E-state index in [4.69, 9.17) is 24.6 Å². The minimum absolute atomic E-state index is 0.123. The molecule has 4 rings (SSSR count). The summed E-state index contributed by atoms with van der Waals surface area (Å²) < 4.78 is 15.3. The van der Waals surface area contributed by atoms with Gasteiger partial charge >= 0.3 is 0 Å². The van der Waals surface area contributed by atoms with Gasteiger partial charge in [0.25, 0.3) is 5.56 Å². The van der Waals surface area contributed by atoms with Crippen LogP contribution in [0.5, 0.6) is 0 Å². The van der Waals surface area contributed by atoms with E-state index >= 15 is 0 Å². The highest BCUT2D eigenvalue weighted by atomic mass is 16.7. The van der Waals surface area contributed by atoms with E-state index in [1.807, 2.05) is 18.2 Å². The van der Waals surface area contributed by atoms with Crippen molar-refractivity contribution in [2.45, 2.75) is 68.3 Å². The molecule has 2 aromatic heterocycles. The van der Waals surface area contributed by atoms with Gasteiger partial charge < -0.3 is 60.0 Å². The Hall–Kier alpha value is -2.85. The molecule has 15 heteroatoms. The van der Waals surface area contributed by atoms with Crippen molar-refractivity contribution >= 4 is 0 Å². The maximum absolute atomic E-state index is 11.4. The summed E-state index contributed by atoms with van der Waals surface area (Å²) in [5.41, 5.74) is 2.30. The van der Waals surface area contributed by atoms with Crippen molar-refractivity contribution in [3.8, 4) is 17.2 Å². The molecule has 0 bridgehead atoms. The van der Waals surface area contributed by atoms with Crippen LogP contribution in [0.15, 0.2) is 35.4 Å². The average molecular weight is 554 g/mol. The van der Waals surface area contributed by atoms with Crippen molar-refractivity contribution in [2.24, 2.45) is 0 Å². The lowest BCUT2D eigenvalue weighted by molar-refractivity contribution is -0.355. The van der Waals surface area contributed by atoms with Gasteiger partial charge in [-0.25, -0.2) is 0 Å². The first-order chi connectivity index (χ1) is 18.5. The number of aliphatic hydroxyl groups excluding tert-OH is 8. The van der Waals surface area contributed by atoms with Gasteiger partial charge in [0.15, 0.2) is 12.6 Å². The summed E-state index contributed by atoms with van der Waals surface area (Å²) in [5, 5.41) is 85.3. The second-order valence-electron chi connectivity index (χ2n) is 8.93. The van der Waals surface area contributed by atoms with Crippen molar-refractivity contribution in [3.63, 3.8) is 0 Å². The molecule has 4 heterocycles. The minimum Gasteiger partial charge on any atom is -0.394 e. The number of rotatable bonds is 5. The predicted molar refractivity (Wildman–Crippen MR) is 128 cm³/mol. The number of hydrogen-bond donors (Lipinski definition) is 9. The standard InChI is InChI=1S/C12H9N3O.C12H22O11/c1-8-11(9-2-4-14-5-3-9)6-10(7-13)12(16)15-8;13-1-3-5(15)6(16)9(19)12(22-3)23-10-4(2-14)21-11(20)8(18)7(10)17/h2-6H,1H3,(H,15,16);3-20H,1-2H2/t;3-,4-,5+,6+,7-,8-,9-,10-,11-,12+/m.1/s1. The number of nitrogens with one attached hydrogen (secondary N) is 1. The van der Waals surface area contributed by atoms with Crippen LogP contribution in [0.1, 0.15) is 11.3 Å². The predicted octanol–water partition coefficient (Wildman–Crippen LogP) is -3.78. The number of ether oxygens (including phenoxy) is 3. The van der Waals surface area contributed by atoms with E-state index in [1.165, 1.54) is 0 Å². The first-order valence-electron chi connectivity index (χ1n) is 11.8. The Morgan fingerprint density at radius 2 is 1.59 bits per heavy atom. The zero-order chi connectivity index (χ0) is 28.9. The Morgan fingerprint density at radius 1 is 0.949 bits per heavy atom. The normalized spacial score (nSPS) is 34.5. The second kappa shape index (κ2) is 13.5.